The van der Waals surface area contributed by atoms with Gasteiger partial charge < -0.3 is 25.3 Å². The number of aromatic amines is 1. The van der Waals surface area contributed by atoms with Crippen LogP contribution in [0.5, 0.6) is 11.5 Å². The number of amides is 3. The Bertz CT molecular complexity index is 1560. The van der Waals surface area contributed by atoms with Crippen molar-refractivity contribution < 1.29 is 23.5 Å². The first-order valence-corrected chi connectivity index (χ1v) is 14.3. The number of H-pyrrole nitrogens is 1. The van der Waals surface area contributed by atoms with Crippen LogP contribution in [0.3, 0.4) is 0 Å². The molecular weight excluding hydrogens is 535 g/mol. The summed E-state index contributed by atoms with van der Waals surface area (Å²) in [6.07, 6.45) is 3.88. The number of rotatable bonds is 10. The maximum Gasteiger partial charge on any atom is 0.271 e. The summed E-state index contributed by atoms with van der Waals surface area (Å²) in [6.45, 7) is 3.59. The average Bonchev–Trinajstić information content (AvgIpc) is 3.64. The van der Waals surface area contributed by atoms with Crippen LogP contribution in [0.2, 0.25) is 0 Å². The lowest BCUT2D eigenvalue weighted by Crippen LogP contribution is -2.46. The molecule has 1 saturated carbocycles. The third kappa shape index (κ3) is 7.15. The van der Waals surface area contributed by atoms with Gasteiger partial charge in [0.1, 0.15) is 36.1 Å². The van der Waals surface area contributed by atoms with Crippen molar-refractivity contribution in [2.24, 2.45) is 0 Å². The van der Waals surface area contributed by atoms with E-state index in [4.69, 9.17) is 4.74 Å². The highest BCUT2D eigenvalue weighted by molar-refractivity contribution is 6.02. The number of nitrogens with one attached hydrogen (secondary N) is 3. The van der Waals surface area contributed by atoms with Crippen molar-refractivity contribution in [1.82, 2.24) is 15.2 Å². The van der Waals surface area contributed by atoms with Gasteiger partial charge in [-0.3, -0.25) is 14.4 Å². The van der Waals surface area contributed by atoms with Gasteiger partial charge in [0.25, 0.3) is 5.91 Å². The van der Waals surface area contributed by atoms with E-state index in [1.807, 2.05) is 24.3 Å². The molecule has 3 N–H and O–H groups in total. The van der Waals surface area contributed by atoms with E-state index in [2.05, 4.69) is 29.5 Å². The second kappa shape index (κ2) is 12.9. The van der Waals surface area contributed by atoms with Crippen LogP contribution in [0.1, 0.15) is 61.5 Å². The van der Waals surface area contributed by atoms with E-state index in [0.29, 0.717) is 28.5 Å². The largest absolute Gasteiger partial charge is 0.457 e. The SMILES string of the molecule is CC(C)c1ccc(Oc2ccc(NC(=O)CN(CC(=O)NC3CCCC3)C(=O)c3cc4cccc(F)c4[nH]3)cc2)cc1. The number of hydrogen-bond donors (Lipinski definition) is 3. The molecule has 4 aromatic rings. The maximum absolute atomic E-state index is 14.3. The van der Waals surface area contributed by atoms with Crippen molar-refractivity contribution in [1.29, 1.82) is 0 Å². The fourth-order valence-electron chi connectivity index (χ4n) is 5.16. The molecule has 1 heterocycles. The van der Waals surface area contributed by atoms with E-state index < -0.39 is 17.6 Å². The predicted octanol–water partition coefficient (Wildman–Crippen LogP) is 6.36. The quantitative estimate of drug-likeness (QED) is 0.206. The zero-order valence-electron chi connectivity index (χ0n) is 23.8. The minimum absolute atomic E-state index is 0.0688. The lowest BCUT2D eigenvalue weighted by Gasteiger charge is -2.22. The van der Waals surface area contributed by atoms with Gasteiger partial charge in [-0.1, -0.05) is 51.0 Å². The molecule has 1 aromatic heterocycles. The lowest BCUT2D eigenvalue weighted by molar-refractivity contribution is -0.123. The topological polar surface area (TPSA) is 104 Å². The summed E-state index contributed by atoms with van der Waals surface area (Å²) in [6, 6.07) is 20.9. The van der Waals surface area contributed by atoms with Gasteiger partial charge in [0.15, 0.2) is 0 Å². The number of anilines is 1. The Morgan fingerprint density at radius 3 is 2.21 bits per heavy atom. The lowest BCUT2D eigenvalue weighted by atomic mass is 10.0. The molecule has 0 bridgehead atoms. The molecule has 1 aliphatic rings. The Labute approximate surface area is 244 Å². The number of hydrogen-bond acceptors (Lipinski definition) is 4. The number of carbonyl (C=O) groups is 3. The number of halogens is 1. The predicted molar refractivity (Wildman–Crippen MR) is 160 cm³/mol. The molecule has 0 saturated heterocycles. The highest BCUT2D eigenvalue weighted by atomic mass is 19.1. The van der Waals surface area contributed by atoms with Crippen LogP contribution in [-0.2, 0) is 9.59 Å². The van der Waals surface area contributed by atoms with Gasteiger partial charge in [0, 0.05) is 17.1 Å². The summed E-state index contributed by atoms with van der Waals surface area (Å²) in [7, 11) is 0. The fraction of sp³-hybridized carbons (Fsp3) is 0.303. The molecule has 8 nitrogen and oxygen atoms in total. The van der Waals surface area contributed by atoms with Crippen molar-refractivity contribution in [2.45, 2.75) is 51.5 Å². The second-order valence-electron chi connectivity index (χ2n) is 11.0. The zero-order chi connectivity index (χ0) is 29.6. The van der Waals surface area contributed by atoms with Crippen LogP contribution < -0.4 is 15.4 Å². The molecular formula is C33H35FN4O4. The third-order valence-electron chi connectivity index (χ3n) is 7.43. The van der Waals surface area contributed by atoms with Gasteiger partial charge in [0.05, 0.1) is 5.52 Å². The van der Waals surface area contributed by atoms with Crippen LogP contribution in [-0.4, -0.2) is 46.7 Å². The number of benzene rings is 3. The summed E-state index contributed by atoms with van der Waals surface area (Å²) < 4.78 is 20.2. The first-order valence-electron chi connectivity index (χ1n) is 14.3. The molecule has 5 rings (SSSR count). The molecule has 1 aliphatic carbocycles. The summed E-state index contributed by atoms with van der Waals surface area (Å²) in [4.78, 5) is 43.3. The van der Waals surface area contributed by atoms with Crippen molar-refractivity contribution in [3.8, 4) is 11.5 Å². The van der Waals surface area contributed by atoms with Crippen LogP contribution in [0.25, 0.3) is 10.9 Å². The van der Waals surface area contributed by atoms with Crippen LogP contribution in [0.15, 0.2) is 72.8 Å². The van der Waals surface area contributed by atoms with E-state index in [9.17, 15) is 18.8 Å². The molecule has 0 spiro atoms. The average molecular weight is 571 g/mol. The molecule has 0 radical (unpaired) electrons. The zero-order valence-corrected chi connectivity index (χ0v) is 23.8. The minimum Gasteiger partial charge on any atom is -0.457 e. The highest BCUT2D eigenvalue weighted by Crippen LogP contribution is 2.25. The summed E-state index contributed by atoms with van der Waals surface area (Å²) in [5.41, 5.74) is 2.02. The fourth-order valence-corrected chi connectivity index (χ4v) is 5.16. The molecule has 3 amide bonds. The highest BCUT2D eigenvalue weighted by Gasteiger charge is 2.25. The molecule has 0 aliphatic heterocycles. The Morgan fingerprint density at radius 2 is 1.57 bits per heavy atom. The van der Waals surface area contributed by atoms with Crippen LogP contribution >= 0.6 is 0 Å². The van der Waals surface area contributed by atoms with Gasteiger partial charge in [0.2, 0.25) is 11.8 Å². The van der Waals surface area contributed by atoms with Gasteiger partial charge in [-0.15, -0.1) is 0 Å². The number of fused-ring (bicyclic) bond motifs is 1. The summed E-state index contributed by atoms with van der Waals surface area (Å²) in [5.74, 6) is -0.134. The van der Waals surface area contributed by atoms with E-state index in [0.717, 1.165) is 25.7 Å². The van der Waals surface area contributed by atoms with Gasteiger partial charge in [-0.2, -0.15) is 0 Å². The van der Waals surface area contributed by atoms with E-state index in [1.165, 1.54) is 22.6 Å². The Hall–Kier alpha value is -4.66. The molecule has 42 heavy (non-hydrogen) atoms. The maximum atomic E-state index is 14.3. The smallest absolute Gasteiger partial charge is 0.271 e. The van der Waals surface area contributed by atoms with Crippen molar-refractivity contribution in [3.05, 3.63) is 89.9 Å². The Balaban J connectivity index is 1.25. The number of carbonyl (C=O) groups excluding carboxylic acids is 3. The molecule has 0 unspecified atom stereocenters. The minimum atomic E-state index is -0.574. The van der Waals surface area contributed by atoms with Gasteiger partial charge in [-0.05, 0) is 72.9 Å². The first kappa shape index (κ1) is 28.9. The number of aromatic nitrogens is 1. The van der Waals surface area contributed by atoms with Crippen LogP contribution in [0.4, 0.5) is 10.1 Å². The van der Waals surface area contributed by atoms with Gasteiger partial charge >= 0.3 is 0 Å². The third-order valence-corrected chi connectivity index (χ3v) is 7.43. The Morgan fingerprint density at radius 1 is 0.929 bits per heavy atom. The van der Waals surface area contributed by atoms with Crippen LogP contribution in [0, 0.1) is 5.82 Å². The first-order chi connectivity index (χ1) is 20.2. The number of nitrogens with zero attached hydrogens (tertiary/aromatic N) is 1. The van der Waals surface area contributed by atoms with Crippen molar-refractivity contribution in [3.63, 3.8) is 0 Å². The number of para-hydroxylation sites is 1. The normalized spacial score (nSPS) is 13.3. The molecule has 9 heteroatoms. The molecule has 3 aromatic carbocycles. The molecule has 1 fully saturated rings. The van der Waals surface area contributed by atoms with Gasteiger partial charge in [-0.25, -0.2) is 4.39 Å². The van der Waals surface area contributed by atoms with E-state index >= 15 is 0 Å². The molecule has 0 atom stereocenters. The Kier molecular flexibility index (Phi) is 8.85. The summed E-state index contributed by atoms with van der Waals surface area (Å²) in [5, 5.41) is 6.27. The second-order valence-corrected chi connectivity index (χ2v) is 11.0. The van der Waals surface area contributed by atoms with E-state index in [-0.39, 0.29) is 36.2 Å². The molecule has 218 valence electrons. The standard InChI is InChI=1S/C33H35FN4O4/c1-21(2)22-10-14-26(15-11-22)42-27-16-12-25(13-17-27)36-31(40)20-38(19-30(39)35-24-7-3-4-8-24)33(41)29-18-23-6-5-9-28(34)32(23)37-29/h5-6,9-18,21,24,37H,3-4,7-8,19-20H2,1-2H3,(H,35,39)(H,36,40). The van der Waals surface area contributed by atoms with Crippen molar-refractivity contribution in [2.75, 3.05) is 18.4 Å². The van der Waals surface area contributed by atoms with Crippen molar-refractivity contribution >= 4 is 34.3 Å². The monoisotopic (exact) mass is 570 g/mol. The summed E-state index contributed by atoms with van der Waals surface area (Å²) >= 11 is 0. The number of ether oxygens (including phenoxy) is 1. The van der Waals surface area contributed by atoms with E-state index in [1.54, 1.807) is 36.4 Å².